The molecule has 1 rings (SSSR count). The molecule has 0 unspecified atom stereocenters. The topological polar surface area (TPSA) is 34.4 Å². The van der Waals surface area contributed by atoms with Gasteiger partial charge in [-0.3, -0.25) is 9.69 Å². The number of hydrogen-bond donors (Lipinski definition) is 0. The Kier molecular flexibility index (Phi) is 3.62. The quantitative estimate of drug-likeness (QED) is 0.506. The van der Waals surface area contributed by atoms with Crippen LogP contribution in [-0.2, 0) is 4.79 Å². The summed E-state index contributed by atoms with van der Waals surface area (Å²) in [5, 5.41) is 3.42. The van der Waals surface area contributed by atoms with Crippen LogP contribution < -0.4 is 5.32 Å². The molecule has 1 fully saturated rings. The third kappa shape index (κ3) is 2.93. The zero-order valence-corrected chi connectivity index (χ0v) is 7.34. The van der Waals surface area contributed by atoms with Gasteiger partial charge in [-0.2, -0.15) is 0 Å². The van der Waals surface area contributed by atoms with Gasteiger partial charge in [0.1, 0.15) is 0 Å². The second-order valence-electron chi connectivity index (χ2n) is 2.81. The first kappa shape index (κ1) is 9.08. The van der Waals surface area contributed by atoms with E-state index in [-0.39, 0.29) is 5.91 Å². The SMILES string of the molecule is C[N]C(=O)C#CCN1CCCC1. The van der Waals surface area contributed by atoms with Gasteiger partial charge in [0.25, 0.3) is 0 Å². The molecule has 0 atom stereocenters. The fraction of sp³-hybridized carbons (Fsp3) is 0.667. The maximum atomic E-state index is 10.6. The molecule has 1 heterocycles. The van der Waals surface area contributed by atoms with Gasteiger partial charge in [-0.1, -0.05) is 5.92 Å². The van der Waals surface area contributed by atoms with Gasteiger partial charge in [-0.15, -0.1) is 0 Å². The third-order valence-corrected chi connectivity index (χ3v) is 1.90. The number of nitrogens with zero attached hydrogens (tertiary/aromatic N) is 2. The van der Waals surface area contributed by atoms with Gasteiger partial charge in [0.15, 0.2) is 0 Å². The summed E-state index contributed by atoms with van der Waals surface area (Å²) in [7, 11) is 1.47. The first-order valence-electron chi connectivity index (χ1n) is 4.18. The Morgan fingerprint density at radius 1 is 1.50 bits per heavy atom. The zero-order valence-electron chi connectivity index (χ0n) is 7.34. The first-order valence-corrected chi connectivity index (χ1v) is 4.18. The Morgan fingerprint density at radius 3 is 2.75 bits per heavy atom. The Hall–Kier alpha value is -1.01. The van der Waals surface area contributed by atoms with Crippen molar-refractivity contribution in [1.29, 1.82) is 0 Å². The van der Waals surface area contributed by atoms with Gasteiger partial charge in [0, 0.05) is 7.05 Å². The zero-order chi connectivity index (χ0) is 8.81. The minimum atomic E-state index is -0.325. The highest BCUT2D eigenvalue weighted by Gasteiger charge is 2.08. The fourth-order valence-electron chi connectivity index (χ4n) is 1.22. The molecule has 12 heavy (non-hydrogen) atoms. The molecule has 0 aromatic heterocycles. The van der Waals surface area contributed by atoms with Crippen molar-refractivity contribution in [3.05, 3.63) is 0 Å². The summed E-state index contributed by atoms with van der Waals surface area (Å²) >= 11 is 0. The van der Waals surface area contributed by atoms with Gasteiger partial charge in [-0.25, -0.2) is 5.32 Å². The average molecular weight is 165 g/mol. The maximum absolute atomic E-state index is 10.6. The van der Waals surface area contributed by atoms with Crippen molar-refractivity contribution >= 4 is 5.91 Å². The number of carbonyl (C=O) groups is 1. The Labute approximate surface area is 73.1 Å². The fourth-order valence-corrected chi connectivity index (χ4v) is 1.22. The number of amides is 1. The van der Waals surface area contributed by atoms with E-state index in [1.165, 1.54) is 19.9 Å². The normalized spacial score (nSPS) is 16.8. The van der Waals surface area contributed by atoms with Crippen molar-refractivity contribution in [1.82, 2.24) is 10.2 Å². The first-order chi connectivity index (χ1) is 5.83. The molecule has 1 aliphatic rings. The number of hydrogen-bond acceptors (Lipinski definition) is 2. The average Bonchev–Trinajstić information content (AvgIpc) is 2.57. The highest BCUT2D eigenvalue weighted by atomic mass is 16.1. The summed E-state index contributed by atoms with van der Waals surface area (Å²) in [6, 6.07) is 0. The molecule has 0 aromatic carbocycles. The molecular formula is C9H13N2O. The lowest BCUT2D eigenvalue weighted by Gasteiger charge is -2.08. The van der Waals surface area contributed by atoms with Crippen molar-refractivity contribution < 1.29 is 4.79 Å². The summed E-state index contributed by atoms with van der Waals surface area (Å²) < 4.78 is 0. The van der Waals surface area contributed by atoms with E-state index >= 15 is 0 Å². The number of carbonyl (C=O) groups excluding carboxylic acids is 1. The van der Waals surface area contributed by atoms with Crippen LogP contribution in [0.2, 0.25) is 0 Å². The van der Waals surface area contributed by atoms with Gasteiger partial charge in [0.05, 0.1) is 6.54 Å². The Bertz CT molecular complexity index is 208. The van der Waals surface area contributed by atoms with E-state index in [1.54, 1.807) is 0 Å². The van der Waals surface area contributed by atoms with Crippen LogP contribution in [0.1, 0.15) is 12.8 Å². The molecule has 0 spiro atoms. The van der Waals surface area contributed by atoms with Crippen LogP contribution in [-0.4, -0.2) is 37.5 Å². The second kappa shape index (κ2) is 4.78. The monoisotopic (exact) mass is 165 g/mol. The molecule has 0 N–H and O–H groups in total. The molecule has 3 heteroatoms. The lowest BCUT2D eigenvalue weighted by molar-refractivity contribution is -0.115. The van der Waals surface area contributed by atoms with Crippen LogP contribution in [0.5, 0.6) is 0 Å². The molecule has 3 nitrogen and oxygen atoms in total. The predicted molar refractivity (Wildman–Crippen MR) is 46.5 cm³/mol. The van der Waals surface area contributed by atoms with Crippen LogP contribution in [0.25, 0.3) is 0 Å². The molecular weight excluding hydrogens is 152 g/mol. The molecule has 1 aliphatic heterocycles. The van der Waals surface area contributed by atoms with Crippen molar-refractivity contribution in [2.45, 2.75) is 12.8 Å². The van der Waals surface area contributed by atoms with Crippen LogP contribution in [0.4, 0.5) is 0 Å². The minimum Gasteiger partial charge on any atom is -0.292 e. The summed E-state index contributed by atoms with van der Waals surface area (Å²) in [6.45, 7) is 2.94. The summed E-state index contributed by atoms with van der Waals surface area (Å²) in [5.41, 5.74) is 0. The Morgan fingerprint density at radius 2 is 2.17 bits per heavy atom. The summed E-state index contributed by atoms with van der Waals surface area (Å²) in [4.78, 5) is 12.9. The molecule has 65 valence electrons. The van der Waals surface area contributed by atoms with E-state index in [9.17, 15) is 4.79 Å². The van der Waals surface area contributed by atoms with E-state index < -0.39 is 0 Å². The highest BCUT2D eigenvalue weighted by molar-refractivity contribution is 5.92. The van der Waals surface area contributed by atoms with Crippen LogP contribution in [0.3, 0.4) is 0 Å². The molecule has 0 aliphatic carbocycles. The van der Waals surface area contributed by atoms with Crippen LogP contribution in [0, 0.1) is 11.8 Å². The van der Waals surface area contributed by atoms with Gasteiger partial charge in [-0.05, 0) is 31.9 Å². The van der Waals surface area contributed by atoms with Gasteiger partial charge >= 0.3 is 5.91 Å². The Balaban J connectivity index is 2.21. The number of likely N-dealkylation sites (tertiary alicyclic amines) is 1. The number of rotatable bonds is 1. The van der Waals surface area contributed by atoms with Gasteiger partial charge < -0.3 is 0 Å². The van der Waals surface area contributed by atoms with Crippen molar-refractivity contribution in [3.63, 3.8) is 0 Å². The van der Waals surface area contributed by atoms with Crippen molar-refractivity contribution in [2.75, 3.05) is 26.7 Å². The standard InChI is InChI=1S/C9H13N2O/c1-10-9(12)5-4-8-11-6-2-3-7-11/h2-3,6-8H2,1H3. The lowest BCUT2D eigenvalue weighted by Crippen LogP contribution is -2.19. The summed E-state index contributed by atoms with van der Waals surface area (Å²) in [6.07, 6.45) is 2.52. The largest absolute Gasteiger partial charge is 0.316 e. The van der Waals surface area contributed by atoms with Crippen molar-refractivity contribution in [3.8, 4) is 11.8 Å². The maximum Gasteiger partial charge on any atom is 0.316 e. The van der Waals surface area contributed by atoms with E-state index in [0.717, 1.165) is 13.1 Å². The predicted octanol–water partition coefficient (Wildman–Crippen LogP) is -0.154. The molecule has 1 radical (unpaired) electrons. The van der Waals surface area contributed by atoms with Crippen LogP contribution >= 0.6 is 0 Å². The highest BCUT2D eigenvalue weighted by Crippen LogP contribution is 2.05. The molecule has 1 amide bonds. The van der Waals surface area contributed by atoms with E-state index in [1.807, 2.05) is 0 Å². The molecule has 1 saturated heterocycles. The van der Waals surface area contributed by atoms with E-state index in [2.05, 4.69) is 22.1 Å². The smallest absolute Gasteiger partial charge is 0.292 e. The van der Waals surface area contributed by atoms with E-state index in [4.69, 9.17) is 0 Å². The third-order valence-electron chi connectivity index (χ3n) is 1.90. The second-order valence-corrected chi connectivity index (χ2v) is 2.81. The summed E-state index contributed by atoms with van der Waals surface area (Å²) in [5.74, 6) is 4.95. The van der Waals surface area contributed by atoms with Gasteiger partial charge in [0.2, 0.25) is 0 Å². The van der Waals surface area contributed by atoms with Crippen LogP contribution in [0.15, 0.2) is 0 Å². The minimum absolute atomic E-state index is 0.325. The van der Waals surface area contributed by atoms with E-state index in [0.29, 0.717) is 6.54 Å². The molecule has 0 aromatic rings. The molecule has 0 bridgehead atoms. The lowest BCUT2D eigenvalue weighted by atomic mass is 10.4. The van der Waals surface area contributed by atoms with Crippen molar-refractivity contribution in [2.24, 2.45) is 0 Å². The molecule has 0 saturated carbocycles.